The van der Waals surface area contributed by atoms with Crippen LogP contribution in [0.2, 0.25) is 0 Å². The highest BCUT2D eigenvalue weighted by molar-refractivity contribution is 5.76. The van der Waals surface area contributed by atoms with Crippen LogP contribution in [-0.4, -0.2) is 24.3 Å². The summed E-state index contributed by atoms with van der Waals surface area (Å²) in [5.74, 6) is 0. The first-order valence-corrected chi connectivity index (χ1v) is 3.54. The minimum absolute atomic E-state index is 0.587. The summed E-state index contributed by atoms with van der Waals surface area (Å²) in [6.45, 7) is 1.25. The van der Waals surface area contributed by atoms with Gasteiger partial charge in [-0.25, -0.2) is 0 Å². The molecule has 1 aromatic heterocycles. The molecule has 0 aromatic carbocycles. The Morgan fingerprint density at radius 1 is 1.55 bits per heavy atom. The molecule has 0 fully saturated rings. The molecule has 0 aliphatic carbocycles. The van der Waals surface area contributed by atoms with E-state index in [1.165, 1.54) is 0 Å². The van der Waals surface area contributed by atoms with E-state index in [1.54, 1.807) is 12.4 Å². The predicted octanol–water partition coefficient (Wildman–Crippen LogP) is 0.459. The third-order valence-electron chi connectivity index (χ3n) is 1.17. The molecule has 0 bridgehead atoms. The van der Waals surface area contributed by atoms with Gasteiger partial charge in [0, 0.05) is 19.0 Å². The molecule has 2 N–H and O–H groups in total. The van der Waals surface area contributed by atoms with Crippen LogP contribution in [0.4, 0.5) is 0 Å². The largest absolute Gasteiger partial charge is 0.329 e. The molecule has 3 heteroatoms. The number of aromatic nitrogens is 1. The molecular formula is C8H11N3. The smallest absolute Gasteiger partial charge is 0.0807 e. The van der Waals surface area contributed by atoms with Crippen LogP contribution in [0.5, 0.6) is 0 Å². The van der Waals surface area contributed by atoms with E-state index in [1.807, 2.05) is 18.2 Å². The summed E-state index contributed by atoms with van der Waals surface area (Å²) < 4.78 is 0. The van der Waals surface area contributed by atoms with Crippen molar-refractivity contribution in [1.29, 1.82) is 0 Å². The molecule has 0 spiro atoms. The first-order chi connectivity index (χ1) is 5.43. The van der Waals surface area contributed by atoms with Crippen LogP contribution < -0.4 is 5.73 Å². The summed E-state index contributed by atoms with van der Waals surface area (Å²) in [6.07, 6.45) is 3.47. The Kier molecular flexibility index (Phi) is 3.28. The Hall–Kier alpha value is -1.22. The molecule has 0 amide bonds. The standard InChI is InChI=1S/C8H11N3/c9-4-6-10-7-8-3-1-2-5-11-8/h1-3,5,7H,4,6,9H2. The second-order valence-electron chi connectivity index (χ2n) is 2.08. The van der Waals surface area contributed by atoms with Crippen LogP contribution >= 0.6 is 0 Å². The molecule has 0 saturated heterocycles. The Labute approximate surface area is 66.0 Å². The number of rotatable bonds is 3. The van der Waals surface area contributed by atoms with E-state index < -0.39 is 0 Å². The highest BCUT2D eigenvalue weighted by Gasteiger charge is 1.82. The second kappa shape index (κ2) is 4.57. The van der Waals surface area contributed by atoms with Crippen molar-refractivity contribution in [2.24, 2.45) is 10.7 Å². The summed E-state index contributed by atoms with van der Waals surface area (Å²) >= 11 is 0. The molecule has 0 saturated carbocycles. The highest BCUT2D eigenvalue weighted by Crippen LogP contribution is 1.87. The van der Waals surface area contributed by atoms with Gasteiger partial charge in [0.25, 0.3) is 0 Å². The third-order valence-corrected chi connectivity index (χ3v) is 1.17. The summed E-state index contributed by atoms with van der Waals surface area (Å²) in [5.41, 5.74) is 6.13. The fraction of sp³-hybridized carbons (Fsp3) is 0.250. The zero-order chi connectivity index (χ0) is 7.94. The van der Waals surface area contributed by atoms with E-state index >= 15 is 0 Å². The van der Waals surface area contributed by atoms with Crippen LogP contribution in [0.15, 0.2) is 29.4 Å². The van der Waals surface area contributed by atoms with Gasteiger partial charge >= 0.3 is 0 Å². The molecule has 0 aliphatic heterocycles. The topological polar surface area (TPSA) is 51.3 Å². The molecule has 1 heterocycles. The fourth-order valence-electron chi connectivity index (χ4n) is 0.685. The molecular weight excluding hydrogens is 138 g/mol. The number of nitrogens with two attached hydrogens (primary N) is 1. The van der Waals surface area contributed by atoms with Crippen molar-refractivity contribution < 1.29 is 0 Å². The van der Waals surface area contributed by atoms with Crippen LogP contribution in [0, 0.1) is 0 Å². The molecule has 1 aromatic rings. The van der Waals surface area contributed by atoms with E-state index in [4.69, 9.17) is 5.73 Å². The van der Waals surface area contributed by atoms with Crippen LogP contribution in [0.25, 0.3) is 0 Å². The first kappa shape index (κ1) is 7.88. The van der Waals surface area contributed by atoms with Gasteiger partial charge in [-0.2, -0.15) is 0 Å². The molecule has 3 nitrogen and oxygen atoms in total. The van der Waals surface area contributed by atoms with Gasteiger partial charge in [0.2, 0.25) is 0 Å². The average Bonchev–Trinajstić information content (AvgIpc) is 2.07. The molecule has 0 atom stereocenters. The zero-order valence-corrected chi connectivity index (χ0v) is 6.27. The number of nitrogens with zero attached hydrogens (tertiary/aromatic N) is 2. The number of aliphatic imine (C=N–C) groups is 1. The molecule has 1 rings (SSSR count). The number of pyridine rings is 1. The summed E-state index contributed by atoms with van der Waals surface area (Å²) in [5, 5.41) is 0. The molecule has 0 aliphatic rings. The van der Waals surface area contributed by atoms with E-state index in [2.05, 4.69) is 9.98 Å². The van der Waals surface area contributed by atoms with Crippen LogP contribution in [0.3, 0.4) is 0 Å². The summed E-state index contributed by atoms with van der Waals surface area (Å²) in [4.78, 5) is 8.11. The highest BCUT2D eigenvalue weighted by atomic mass is 14.8. The second-order valence-corrected chi connectivity index (χ2v) is 2.08. The van der Waals surface area contributed by atoms with E-state index in [9.17, 15) is 0 Å². The summed E-state index contributed by atoms with van der Waals surface area (Å²) in [6, 6.07) is 5.71. The number of hydrogen-bond donors (Lipinski definition) is 1. The van der Waals surface area contributed by atoms with Gasteiger partial charge in [-0.05, 0) is 12.1 Å². The lowest BCUT2D eigenvalue weighted by Crippen LogP contribution is -2.02. The molecule has 11 heavy (non-hydrogen) atoms. The van der Waals surface area contributed by atoms with Gasteiger partial charge in [-0.1, -0.05) is 6.07 Å². The lowest BCUT2D eigenvalue weighted by molar-refractivity contribution is 0.979. The van der Waals surface area contributed by atoms with Gasteiger partial charge < -0.3 is 5.73 Å². The Balaban J connectivity index is 2.50. The van der Waals surface area contributed by atoms with Gasteiger partial charge in [-0.3, -0.25) is 9.98 Å². The van der Waals surface area contributed by atoms with Gasteiger partial charge in [-0.15, -0.1) is 0 Å². The Bertz CT molecular complexity index is 218. The Morgan fingerprint density at radius 3 is 3.09 bits per heavy atom. The van der Waals surface area contributed by atoms with Crippen molar-refractivity contribution in [2.75, 3.05) is 13.1 Å². The predicted molar refractivity (Wildman–Crippen MR) is 45.8 cm³/mol. The Morgan fingerprint density at radius 2 is 2.45 bits per heavy atom. The van der Waals surface area contributed by atoms with E-state index in [0.717, 1.165) is 5.69 Å². The number of hydrogen-bond acceptors (Lipinski definition) is 3. The molecule has 0 radical (unpaired) electrons. The van der Waals surface area contributed by atoms with Crippen molar-refractivity contribution in [3.63, 3.8) is 0 Å². The van der Waals surface area contributed by atoms with Crippen molar-refractivity contribution in [3.05, 3.63) is 30.1 Å². The maximum absolute atomic E-state index is 5.26. The minimum atomic E-state index is 0.587. The fourth-order valence-corrected chi connectivity index (χ4v) is 0.685. The molecule has 58 valence electrons. The van der Waals surface area contributed by atoms with Crippen molar-refractivity contribution in [3.8, 4) is 0 Å². The van der Waals surface area contributed by atoms with Gasteiger partial charge in [0.1, 0.15) is 0 Å². The van der Waals surface area contributed by atoms with Crippen LogP contribution in [-0.2, 0) is 0 Å². The van der Waals surface area contributed by atoms with Crippen molar-refractivity contribution in [2.45, 2.75) is 0 Å². The maximum atomic E-state index is 5.26. The van der Waals surface area contributed by atoms with Crippen LogP contribution in [0.1, 0.15) is 5.69 Å². The van der Waals surface area contributed by atoms with Gasteiger partial charge in [0.15, 0.2) is 0 Å². The quantitative estimate of drug-likeness (QED) is 0.635. The summed E-state index contributed by atoms with van der Waals surface area (Å²) in [7, 11) is 0. The molecule has 0 unspecified atom stereocenters. The zero-order valence-electron chi connectivity index (χ0n) is 6.27. The van der Waals surface area contributed by atoms with Crippen molar-refractivity contribution in [1.82, 2.24) is 4.98 Å². The minimum Gasteiger partial charge on any atom is -0.329 e. The van der Waals surface area contributed by atoms with Crippen molar-refractivity contribution >= 4 is 6.21 Å². The SMILES string of the molecule is NCCN=Cc1ccccn1. The normalized spacial score (nSPS) is 10.6. The lowest BCUT2D eigenvalue weighted by atomic mass is 10.4. The lowest BCUT2D eigenvalue weighted by Gasteiger charge is -1.88. The van der Waals surface area contributed by atoms with Gasteiger partial charge in [0.05, 0.1) is 12.2 Å². The monoisotopic (exact) mass is 149 g/mol. The third kappa shape index (κ3) is 2.91. The average molecular weight is 149 g/mol. The first-order valence-electron chi connectivity index (χ1n) is 3.54. The maximum Gasteiger partial charge on any atom is 0.0807 e. The van der Waals surface area contributed by atoms with E-state index in [0.29, 0.717) is 13.1 Å². The van der Waals surface area contributed by atoms with E-state index in [-0.39, 0.29) is 0 Å².